The van der Waals surface area contributed by atoms with Gasteiger partial charge in [-0.3, -0.25) is 0 Å². The average Bonchev–Trinajstić information content (AvgIpc) is 2.48. The summed E-state index contributed by atoms with van der Waals surface area (Å²) in [6, 6.07) is 9.05. The van der Waals surface area contributed by atoms with Crippen molar-refractivity contribution in [2.45, 2.75) is 52.1 Å². The molecule has 0 aromatic heterocycles. The van der Waals surface area contributed by atoms with E-state index in [1.807, 2.05) is 11.8 Å². The zero-order chi connectivity index (χ0) is 14.6. The minimum Gasteiger partial charge on any atom is -0.494 e. The van der Waals surface area contributed by atoms with E-state index in [1.165, 1.54) is 30.6 Å². The smallest absolute Gasteiger partial charge is 0.119 e. The second-order valence-corrected chi connectivity index (χ2v) is 6.25. The first-order valence-corrected chi connectivity index (χ1v) is 9.09. The van der Waals surface area contributed by atoms with Crippen LogP contribution in [0, 0.1) is 0 Å². The molecule has 114 valence electrons. The maximum Gasteiger partial charge on any atom is 0.119 e. The van der Waals surface area contributed by atoms with Crippen LogP contribution in [0.1, 0.15) is 45.1 Å². The van der Waals surface area contributed by atoms with Gasteiger partial charge in [-0.2, -0.15) is 11.8 Å². The molecule has 3 heteroatoms. The monoisotopic (exact) mass is 295 g/mol. The fraction of sp³-hybridized carbons (Fsp3) is 0.647. The molecule has 0 aliphatic heterocycles. The lowest BCUT2D eigenvalue weighted by molar-refractivity contribution is 0.306. The molecule has 1 rings (SSSR count). The number of rotatable bonds is 11. The van der Waals surface area contributed by atoms with E-state index in [-0.39, 0.29) is 0 Å². The molecule has 0 aliphatic rings. The summed E-state index contributed by atoms with van der Waals surface area (Å²) in [6.07, 6.45) is 7.01. The Morgan fingerprint density at radius 3 is 2.60 bits per heavy atom. The molecule has 1 N–H and O–H groups in total. The van der Waals surface area contributed by atoms with Gasteiger partial charge in [0.25, 0.3) is 0 Å². The standard InChI is InChI=1S/C17H29NOS/c1-4-5-6-12-19-17-9-7-16(8-10-17)14-18-15(2)11-13-20-3/h7-10,15,18H,4-6,11-14H2,1-3H3. The largest absolute Gasteiger partial charge is 0.494 e. The third-order valence-electron chi connectivity index (χ3n) is 3.35. The molecule has 0 bridgehead atoms. The van der Waals surface area contributed by atoms with Crippen LogP contribution >= 0.6 is 11.8 Å². The Bertz CT molecular complexity index is 339. The predicted octanol–water partition coefficient (Wildman–Crippen LogP) is 4.49. The van der Waals surface area contributed by atoms with Crippen molar-refractivity contribution in [1.29, 1.82) is 0 Å². The lowest BCUT2D eigenvalue weighted by Crippen LogP contribution is -2.25. The highest BCUT2D eigenvalue weighted by atomic mass is 32.2. The molecule has 0 saturated carbocycles. The first kappa shape index (κ1) is 17.4. The van der Waals surface area contributed by atoms with Gasteiger partial charge < -0.3 is 10.1 Å². The molecule has 0 fully saturated rings. The molecule has 1 unspecified atom stereocenters. The molecule has 2 nitrogen and oxygen atoms in total. The molecule has 1 aromatic carbocycles. The maximum atomic E-state index is 5.72. The number of ether oxygens (including phenoxy) is 1. The summed E-state index contributed by atoms with van der Waals surface area (Å²) in [7, 11) is 0. The molecule has 1 atom stereocenters. The molecular formula is C17H29NOS. The van der Waals surface area contributed by atoms with Gasteiger partial charge in [-0.05, 0) is 49.5 Å². The minimum absolute atomic E-state index is 0.576. The van der Waals surface area contributed by atoms with Crippen LogP contribution in [0.15, 0.2) is 24.3 Å². The fourth-order valence-electron chi connectivity index (χ4n) is 1.93. The van der Waals surface area contributed by atoms with Crippen molar-refractivity contribution in [2.75, 3.05) is 18.6 Å². The Balaban J connectivity index is 2.24. The number of unbranched alkanes of at least 4 members (excludes halogenated alkanes) is 2. The van der Waals surface area contributed by atoms with Crippen molar-refractivity contribution in [3.05, 3.63) is 29.8 Å². The van der Waals surface area contributed by atoms with E-state index in [1.54, 1.807) is 0 Å². The van der Waals surface area contributed by atoms with Gasteiger partial charge in [0.15, 0.2) is 0 Å². The van der Waals surface area contributed by atoms with Crippen LogP contribution < -0.4 is 10.1 Å². The highest BCUT2D eigenvalue weighted by Crippen LogP contribution is 2.13. The lowest BCUT2D eigenvalue weighted by atomic mass is 10.2. The Labute approximate surface area is 128 Å². The maximum absolute atomic E-state index is 5.72. The second kappa shape index (κ2) is 11.0. The van der Waals surface area contributed by atoms with E-state index < -0.39 is 0 Å². The third kappa shape index (κ3) is 7.81. The summed E-state index contributed by atoms with van der Waals surface area (Å²) in [6.45, 7) is 6.23. The van der Waals surface area contributed by atoms with Crippen molar-refractivity contribution < 1.29 is 4.74 Å². The summed E-state index contributed by atoms with van der Waals surface area (Å²) in [5.41, 5.74) is 1.32. The molecular weight excluding hydrogens is 266 g/mol. The van der Waals surface area contributed by atoms with E-state index in [0.29, 0.717) is 6.04 Å². The third-order valence-corrected chi connectivity index (χ3v) is 3.99. The van der Waals surface area contributed by atoms with Crippen molar-refractivity contribution in [3.8, 4) is 5.75 Å². The topological polar surface area (TPSA) is 21.3 Å². The average molecular weight is 295 g/mol. The normalized spacial score (nSPS) is 12.3. The van der Waals surface area contributed by atoms with Gasteiger partial charge in [0.05, 0.1) is 6.61 Å². The van der Waals surface area contributed by atoms with Gasteiger partial charge >= 0.3 is 0 Å². The Hall–Kier alpha value is -0.670. The van der Waals surface area contributed by atoms with Gasteiger partial charge in [-0.25, -0.2) is 0 Å². The molecule has 0 saturated heterocycles. The zero-order valence-corrected chi connectivity index (χ0v) is 14.0. The van der Waals surface area contributed by atoms with Crippen LogP contribution in [0.3, 0.4) is 0 Å². The van der Waals surface area contributed by atoms with E-state index in [2.05, 4.69) is 49.7 Å². The number of nitrogens with one attached hydrogen (secondary N) is 1. The summed E-state index contributed by atoms with van der Waals surface area (Å²) < 4.78 is 5.72. The van der Waals surface area contributed by atoms with E-state index >= 15 is 0 Å². The summed E-state index contributed by atoms with van der Waals surface area (Å²) in [4.78, 5) is 0. The predicted molar refractivity (Wildman–Crippen MR) is 90.8 cm³/mol. The van der Waals surface area contributed by atoms with Crippen molar-refractivity contribution in [2.24, 2.45) is 0 Å². The summed E-state index contributed by atoms with van der Waals surface area (Å²) in [5, 5.41) is 3.56. The van der Waals surface area contributed by atoms with E-state index in [0.717, 1.165) is 25.3 Å². The van der Waals surface area contributed by atoms with Crippen molar-refractivity contribution in [1.82, 2.24) is 5.32 Å². The van der Waals surface area contributed by atoms with Crippen molar-refractivity contribution >= 4 is 11.8 Å². The number of benzene rings is 1. The molecule has 1 aromatic rings. The Morgan fingerprint density at radius 2 is 1.95 bits per heavy atom. The second-order valence-electron chi connectivity index (χ2n) is 5.26. The Kier molecular flexibility index (Phi) is 9.60. The van der Waals surface area contributed by atoms with Gasteiger partial charge in [0.2, 0.25) is 0 Å². The number of hydrogen-bond donors (Lipinski definition) is 1. The molecule has 0 spiro atoms. The van der Waals surface area contributed by atoms with Crippen LogP contribution in [-0.4, -0.2) is 24.7 Å². The zero-order valence-electron chi connectivity index (χ0n) is 13.2. The van der Waals surface area contributed by atoms with Crippen LogP contribution in [0.5, 0.6) is 5.75 Å². The van der Waals surface area contributed by atoms with Gasteiger partial charge in [-0.1, -0.05) is 31.9 Å². The highest BCUT2D eigenvalue weighted by Gasteiger charge is 2.01. The van der Waals surface area contributed by atoms with Gasteiger partial charge in [0.1, 0.15) is 5.75 Å². The van der Waals surface area contributed by atoms with E-state index in [9.17, 15) is 0 Å². The van der Waals surface area contributed by atoms with Crippen LogP contribution in [0.4, 0.5) is 0 Å². The minimum atomic E-state index is 0.576. The SMILES string of the molecule is CCCCCOc1ccc(CNC(C)CCSC)cc1. The quantitative estimate of drug-likeness (QED) is 0.608. The molecule has 0 heterocycles. The fourth-order valence-corrected chi connectivity index (χ4v) is 2.52. The van der Waals surface area contributed by atoms with Gasteiger partial charge in [-0.15, -0.1) is 0 Å². The highest BCUT2D eigenvalue weighted by molar-refractivity contribution is 7.98. The summed E-state index contributed by atoms with van der Waals surface area (Å²) in [5.74, 6) is 2.21. The lowest BCUT2D eigenvalue weighted by Gasteiger charge is -2.13. The van der Waals surface area contributed by atoms with Gasteiger partial charge in [0, 0.05) is 12.6 Å². The molecule has 0 radical (unpaired) electrons. The Morgan fingerprint density at radius 1 is 1.20 bits per heavy atom. The first-order valence-electron chi connectivity index (χ1n) is 7.70. The molecule has 0 amide bonds. The van der Waals surface area contributed by atoms with E-state index in [4.69, 9.17) is 4.74 Å². The molecule has 0 aliphatic carbocycles. The number of hydrogen-bond acceptors (Lipinski definition) is 3. The van der Waals surface area contributed by atoms with Crippen molar-refractivity contribution in [3.63, 3.8) is 0 Å². The van der Waals surface area contributed by atoms with Crippen LogP contribution in [0.2, 0.25) is 0 Å². The number of thioether (sulfide) groups is 1. The van der Waals surface area contributed by atoms with Crippen LogP contribution in [-0.2, 0) is 6.54 Å². The molecule has 20 heavy (non-hydrogen) atoms. The first-order chi connectivity index (χ1) is 9.76. The van der Waals surface area contributed by atoms with Crippen LogP contribution in [0.25, 0.3) is 0 Å². The summed E-state index contributed by atoms with van der Waals surface area (Å²) >= 11 is 1.91.